The van der Waals surface area contributed by atoms with Crippen LogP contribution in [0.25, 0.3) is 0 Å². The summed E-state index contributed by atoms with van der Waals surface area (Å²) < 4.78 is 32.5. The van der Waals surface area contributed by atoms with E-state index in [9.17, 15) is 0 Å². The van der Waals surface area contributed by atoms with E-state index >= 15 is 0 Å². The van der Waals surface area contributed by atoms with Crippen molar-refractivity contribution in [2.75, 3.05) is 73.1 Å². The lowest BCUT2D eigenvalue weighted by Gasteiger charge is -2.39. The minimum atomic E-state index is -0.242. The SMILES string of the molecule is CO[C@@H](C)c1nc(N2CCN(c3ncc(OCc4ccncc4C#N)cn3)C(C)C2)no1.CO[C@H](C)c1nc(N2CCN(c3ncc(OCc4ccncc4C#N)cn3)C(C)C2)no1. The van der Waals surface area contributed by atoms with E-state index in [2.05, 4.69) is 95.8 Å². The molecule has 0 aliphatic carbocycles. The fraction of sp³-hybridized carbons (Fsp3) is 0.429. The number of hydrogen-bond donors (Lipinski definition) is 0. The summed E-state index contributed by atoms with van der Waals surface area (Å²) in [4.78, 5) is 43.1. The zero-order valence-corrected chi connectivity index (χ0v) is 36.3. The third-order valence-corrected chi connectivity index (χ3v) is 10.7. The van der Waals surface area contributed by atoms with Crippen LogP contribution in [0.15, 0.2) is 70.8 Å². The first kappa shape index (κ1) is 44.5. The van der Waals surface area contributed by atoms with Crippen molar-refractivity contribution in [1.82, 2.24) is 50.2 Å². The number of hydrogen-bond acceptors (Lipinski definition) is 22. The number of nitriles is 2. The van der Waals surface area contributed by atoms with Gasteiger partial charge in [-0.25, -0.2) is 19.9 Å². The zero-order chi connectivity index (χ0) is 45.0. The van der Waals surface area contributed by atoms with Crippen LogP contribution in [-0.2, 0) is 22.7 Å². The Morgan fingerprint density at radius 1 is 0.625 bits per heavy atom. The van der Waals surface area contributed by atoms with Gasteiger partial charge in [-0.2, -0.15) is 20.5 Å². The average Bonchev–Trinajstić information content (AvgIpc) is 4.05. The predicted octanol–water partition coefficient (Wildman–Crippen LogP) is 4.26. The quantitative estimate of drug-likeness (QED) is 0.148. The molecule has 0 aromatic carbocycles. The molecule has 22 heteroatoms. The van der Waals surface area contributed by atoms with E-state index in [1.54, 1.807) is 63.5 Å². The van der Waals surface area contributed by atoms with Gasteiger partial charge in [-0.1, -0.05) is 0 Å². The van der Waals surface area contributed by atoms with Crippen LogP contribution < -0.4 is 29.1 Å². The number of piperazine rings is 2. The van der Waals surface area contributed by atoms with Crippen LogP contribution in [0.3, 0.4) is 0 Å². The molecule has 22 nitrogen and oxygen atoms in total. The van der Waals surface area contributed by atoms with Crippen molar-refractivity contribution in [3.8, 4) is 23.6 Å². The monoisotopic (exact) mass is 872 g/mol. The Labute approximate surface area is 369 Å². The molecule has 2 aliphatic heterocycles. The lowest BCUT2D eigenvalue weighted by molar-refractivity contribution is 0.0886. The summed E-state index contributed by atoms with van der Waals surface area (Å²) >= 11 is 0. The topological polar surface area (TPSA) is 253 Å². The van der Waals surface area contributed by atoms with Crippen LogP contribution in [-0.4, -0.2) is 116 Å². The maximum Gasteiger partial charge on any atom is 0.266 e. The van der Waals surface area contributed by atoms with Gasteiger partial charge in [0.05, 0.1) is 35.9 Å². The molecule has 4 atom stereocenters. The summed E-state index contributed by atoms with van der Waals surface area (Å²) in [5.74, 6) is 4.39. The number of pyridine rings is 2. The molecule has 6 aromatic rings. The summed E-state index contributed by atoms with van der Waals surface area (Å²) in [6.07, 6.45) is 12.4. The molecule has 2 unspecified atom stereocenters. The summed E-state index contributed by atoms with van der Waals surface area (Å²) in [5.41, 5.74) is 2.51. The molecule has 0 radical (unpaired) electrons. The molecule has 8 rings (SSSR count). The van der Waals surface area contributed by atoms with Gasteiger partial charge in [0.1, 0.15) is 37.6 Å². The van der Waals surface area contributed by atoms with Crippen LogP contribution in [0.1, 0.15) is 73.9 Å². The Hall–Kier alpha value is -7.56. The first-order chi connectivity index (χ1) is 31.2. The van der Waals surface area contributed by atoms with Gasteiger partial charge in [-0.15, -0.1) is 0 Å². The van der Waals surface area contributed by atoms with Crippen LogP contribution in [0.4, 0.5) is 23.8 Å². The number of ether oxygens (including phenoxy) is 4. The molecule has 0 saturated carbocycles. The lowest BCUT2D eigenvalue weighted by Crippen LogP contribution is -2.53. The van der Waals surface area contributed by atoms with Gasteiger partial charge in [-0.3, -0.25) is 9.97 Å². The van der Waals surface area contributed by atoms with E-state index in [1.807, 2.05) is 13.8 Å². The summed E-state index contributed by atoms with van der Waals surface area (Å²) in [6, 6.07) is 8.03. The Balaban J connectivity index is 0.000000191. The summed E-state index contributed by atoms with van der Waals surface area (Å²) in [5, 5.41) is 26.5. The average molecular weight is 873 g/mol. The van der Waals surface area contributed by atoms with Gasteiger partial charge in [0.2, 0.25) is 11.9 Å². The van der Waals surface area contributed by atoms with Crippen molar-refractivity contribution in [2.24, 2.45) is 0 Å². The highest BCUT2D eigenvalue weighted by atomic mass is 16.5. The predicted molar refractivity (Wildman–Crippen MR) is 228 cm³/mol. The highest BCUT2D eigenvalue weighted by Crippen LogP contribution is 2.25. The Morgan fingerprint density at radius 2 is 1.03 bits per heavy atom. The Kier molecular flexibility index (Phi) is 14.6. The van der Waals surface area contributed by atoms with E-state index < -0.39 is 0 Å². The lowest BCUT2D eigenvalue weighted by atomic mass is 10.2. The smallest absolute Gasteiger partial charge is 0.266 e. The molecular formula is C42H48N16O6. The standard InChI is InChI=1S/2C21H24N8O3/c2*1-14-12-28(21-26-19(32-27-21)15(2)30-3)6-7-29(14)20-24-10-18(11-25-20)31-13-16-4-5-23-9-17(16)8-22/h2*4-5,9-11,14-15H,6-7,12-13H2,1-3H3/t2*14?,15-/m10/s1. The molecule has 0 amide bonds. The van der Waals surface area contributed by atoms with Gasteiger partial charge >= 0.3 is 0 Å². The van der Waals surface area contributed by atoms with E-state index in [4.69, 9.17) is 38.5 Å². The van der Waals surface area contributed by atoms with E-state index in [0.29, 0.717) is 97.5 Å². The number of nitrogens with zero attached hydrogens (tertiary/aromatic N) is 16. The maximum absolute atomic E-state index is 9.15. The second kappa shape index (κ2) is 21.0. The largest absolute Gasteiger partial charge is 0.486 e. The molecular weight excluding hydrogens is 825 g/mol. The highest BCUT2D eigenvalue weighted by Gasteiger charge is 2.30. The Morgan fingerprint density at radius 3 is 1.39 bits per heavy atom. The zero-order valence-electron chi connectivity index (χ0n) is 36.3. The highest BCUT2D eigenvalue weighted by molar-refractivity contribution is 5.42. The van der Waals surface area contributed by atoms with Crippen molar-refractivity contribution < 1.29 is 28.0 Å². The van der Waals surface area contributed by atoms with Crippen molar-refractivity contribution >= 4 is 23.8 Å². The van der Waals surface area contributed by atoms with Crippen molar-refractivity contribution in [1.29, 1.82) is 10.5 Å². The van der Waals surface area contributed by atoms with Crippen LogP contribution >= 0.6 is 0 Å². The van der Waals surface area contributed by atoms with E-state index in [-0.39, 0.29) is 37.5 Å². The molecule has 2 aliphatic rings. The number of anilines is 4. The fourth-order valence-electron chi connectivity index (χ4n) is 6.80. The molecule has 2 saturated heterocycles. The first-order valence-electron chi connectivity index (χ1n) is 20.5. The van der Waals surface area contributed by atoms with E-state index in [1.165, 1.54) is 12.4 Å². The summed E-state index contributed by atoms with van der Waals surface area (Å²) in [6.45, 7) is 12.7. The van der Waals surface area contributed by atoms with Gasteiger partial charge in [0, 0.05) is 101 Å². The molecule has 0 bridgehead atoms. The van der Waals surface area contributed by atoms with Gasteiger partial charge in [0.15, 0.2) is 11.5 Å². The van der Waals surface area contributed by atoms with Crippen LogP contribution in [0.5, 0.6) is 11.5 Å². The summed E-state index contributed by atoms with van der Waals surface area (Å²) in [7, 11) is 3.21. The number of aromatic nitrogens is 10. The van der Waals surface area contributed by atoms with Gasteiger partial charge in [0.25, 0.3) is 23.7 Å². The van der Waals surface area contributed by atoms with Crippen molar-refractivity contribution in [2.45, 2.75) is 65.2 Å². The first-order valence-corrected chi connectivity index (χ1v) is 20.5. The normalized spacial score (nSPS) is 17.1. The molecule has 2 fully saturated rings. The molecule has 6 aromatic heterocycles. The van der Waals surface area contributed by atoms with Gasteiger partial charge in [-0.05, 0) is 50.1 Å². The fourth-order valence-corrected chi connectivity index (χ4v) is 6.80. The second-order valence-corrected chi connectivity index (χ2v) is 14.9. The number of rotatable bonds is 14. The van der Waals surface area contributed by atoms with Crippen LogP contribution in [0, 0.1) is 22.7 Å². The van der Waals surface area contributed by atoms with Crippen molar-refractivity contribution in [3.63, 3.8) is 0 Å². The van der Waals surface area contributed by atoms with Gasteiger partial charge < -0.3 is 47.6 Å². The third-order valence-electron chi connectivity index (χ3n) is 10.7. The molecule has 332 valence electrons. The minimum Gasteiger partial charge on any atom is -0.486 e. The molecule has 8 heterocycles. The second-order valence-electron chi connectivity index (χ2n) is 14.9. The Bertz CT molecular complexity index is 2340. The molecule has 0 spiro atoms. The minimum absolute atomic E-state index is 0.146. The van der Waals surface area contributed by atoms with E-state index in [0.717, 1.165) is 11.1 Å². The third kappa shape index (κ3) is 10.7. The van der Waals surface area contributed by atoms with Crippen molar-refractivity contribution in [3.05, 3.63) is 95.7 Å². The molecule has 64 heavy (non-hydrogen) atoms. The van der Waals surface area contributed by atoms with Crippen LogP contribution in [0.2, 0.25) is 0 Å². The molecule has 0 N–H and O–H groups in total. The maximum atomic E-state index is 9.15. The number of methoxy groups -OCH3 is 2.